The molecule has 17 heteroatoms. The molecule has 0 aliphatic heterocycles. The molecule has 1 heterocycles. The molecule has 0 spiro atoms. The highest BCUT2D eigenvalue weighted by Crippen LogP contribution is 2.29. The molecule has 2 aromatic carbocycles. The quantitative estimate of drug-likeness (QED) is 0.122. The summed E-state index contributed by atoms with van der Waals surface area (Å²) in [5.41, 5.74) is -0.0997. The highest BCUT2D eigenvalue weighted by atomic mass is 35.5. The average molecular weight is 622 g/mol. The number of amides is 3. The number of esters is 1. The Balaban J connectivity index is 1.76. The van der Waals surface area contributed by atoms with Crippen LogP contribution in [-0.4, -0.2) is 52.9 Å². The molecule has 42 heavy (non-hydrogen) atoms. The van der Waals surface area contributed by atoms with Crippen molar-refractivity contribution in [2.45, 2.75) is 26.0 Å². The monoisotopic (exact) mass is 621 g/mol. The van der Waals surface area contributed by atoms with Crippen molar-refractivity contribution in [3.8, 4) is 5.75 Å². The number of rotatable bonds is 10. The van der Waals surface area contributed by atoms with E-state index in [1.807, 2.05) is 0 Å². The predicted molar refractivity (Wildman–Crippen MR) is 137 cm³/mol. The number of alkyl halides is 7. The van der Waals surface area contributed by atoms with Crippen LogP contribution in [-0.2, 0) is 22.3 Å². The van der Waals surface area contributed by atoms with Gasteiger partial charge in [-0.05, 0) is 48.4 Å². The second-order valence-corrected chi connectivity index (χ2v) is 8.75. The molecule has 0 radical (unpaired) electrons. The molecule has 0 aliphatic carbocycles. The fourth-order valence-corrected chi connectivity index (χ4v) is 3.54. The van der Waals surface area contributed by atoms with Gasteiger partial charge in [-0.3, -0.25) is 14.9 Å². The molecule has 0 aliphatic rings. The molecule has 0 unspecified atom stereocenters. The topological polar surface area (TPSA) is 124 Å². The largest absolute Gasteiger partial charge is 0.573 e. The maximum atomic E-state index is 12.9. The van der Waals surface area contributed by atoms with E-state index in [0.717, 1.165) is 24.3 Å². The number of halogens is 7. The first-order valence-electron chi connectivity index (χ1n) is 11.8. The van der Waals surface area contributed by atoms with Gasteiger partial charge in [0.1, 0.15) is 18.2 Å². The van der Waals surface area contributed by atoms with Crippen LogP contribution >= 0.6 is 11.6 Å². The molecule has 0 saturated carbocycles. The van der Waals surface area contributed by atoms with E-state index in [1.54, 1.807) is 0 Å². The fraction of sp³-hybridized carbons (Fsp3) is 0.280. The number of anilines is 2. The SMILES string of the molecule is Cc1cc(OC(F)(F)F)ccc1NC(=O)Nc1cn(Cc2ccc(C(F)(F)F)cc2)c(C(=O)NCCOC(=O)CCl)n1. The van der Waals surface area contributed by atoms with Crippen molar-refractivity contribution < 1.29 is 50.2 Å². The van der Waals surface area contributed by atoms with Crippen molar-refractivity contribution in [3.05, 3.63) is 71.2 Å². The third kappa shape index (κ3) is 9.57. The first-order valence-corrected chi connectivity index (χ1v) is 12.4. The molecule has 3 amide bonds. The minimum absolute atomic E-state index is 0.113. The molecular weight excluding hydrogens is 600 g/mol. The van der Waals surface area contributed by atoms with Gasteiger partial charge in [-0.2, -0.15) is 13.2 Å². The number of aromatic nitrogens is 2. The summed E-state index contributed by atoms with van der Waals surface area (Å²) in [5, 5.41) is 7.27. The molecule has 0 fully saturated rings. The molecule has 3 rings (SSSR count). The number of carbonyl (C=O) groups is 3. The van der Waals surface area contributed by atoms with Gasteiger partial charge < -0.3 is 24.7 Å². The Bertz CT molecular complexity index is 1430. The van der Waals surface area contributed by atoms with Gasteiger partial charge in [-0.25, -0.2) is 9.78 Å². The lowest BCUT2D eigenvalue weighted by molar-refractivity contribution is -0.274. The maximum Gasteiger partial charge on any atom is 0.573 e. The third-order valence-electron chi connectivity index (χ3n) is 5.29. The van der Waals surface area contributed by atoms with Gasteiger partial charge >= 0.3 is 24.5 Å². The first kappa shape index (κ1) is 32.0. The maximum absolute atomic E-state index is 12.9. The van der Waals surface area contributed by atoms with E-state index in [9.17, 15) is 40.7 Å². The number of aryl methyl sites for hydroxylation is 1. The van der Waals surface area contributed by atoms with Crippen molar-refractivity contribution in [2.24, 2.45) is 0 Å². The molecule has 10 nitrogen and oxygen atoms in total. The lowest BCUT2D eigenvalue weighted by atomic mass is 10.1. The number of nitrogens with zero attached hydrogens (tertiary/aromatic N) is 2. The Hall–Kier alpha value is -4.47. The number of imidazole rings is 1. The second-order valence-electron chi connectivity index (χ2n) is 8.49. The Morgan fingerprint density at radius 3 is 2.29 bits per heavy atom. The Labute approximate surface area is 238 Å². The van der Waals surface area contributed by atoms with Crippen molar-refractivity contribution >= 4 is 41.0 Å². The van der Waals surface area contributed by atoms with Gasteiger partial charge in [0.2, 0.25) is 5.82 Å². The number of carbonyl (C=O) groups excluding carboxylic acids is 3. The van der Waals surface area contributed by atoms with Gasteiger partial charge in [0.05, 0.1) is 12.1 Å². The zero-order valence-electron chi connectivity index (χ0n) is 21.5. The van der Waals surface area contributed by atoms with E-state index in [4.69, 9.17) is 16.3 Å². The zero-order chi connectivity index (χ0) is 31.1. The van der Waals surface area contributed by atoms with E-state index in [0.29, 0.717) is 5.56 Å². The van der Waals surface area contributed by atoms with Crippen LogP contribution in [0.25, 0.3) is 0 Å². The molecule has 0 bridgehead atoms. The average Bonchev–Trinajstić information content (AvgIpc) is 3.28. The summed E-state index contributed by atoms with van der Waals surface area (Å²) in [6, 6.07) is 6.57. The van der Waals surface area contributed by atoms with Crippen LogP contribution in [0.4, 0.5) is 42.6 Å². The number of ether oxygens (including phenoxy) is 2. The normalized spacial score (nSPS) is 11.5. The highest BCUT2D eigenvalue weighted by molar-refractivity contribution is 6.26. The second kappa shape index (κ2) is 13.5. The zero-order valence-corrected chi connectivity index (χ0v) is 22.3. The number of nitrogens with one attached hydrogen (secondary N) is 3. The van der Waals surface area contributed by atoms with Gasteiger partial charge in [0, 0.05) is 18.4 Å². The van der Waals surface area contributed by atoms with Crippen LogP contribution in [0.3, 0.4) is 0 Å². The van der Waals surface area contributed by atoms with Crippen LogP contribution in [0.5, 0.6) is 5.75 Å². The number of hydrogen-bond acceptors (Lipinski definition) is 6. The summed E-state index contributed by atoms with van der Waals surface area (Å²) >= 11 is 5.33. The lowest BCUT2D eigenvalue weighted by Gasteiger charge is -2.12. The van der Waals surface area contributed by atoms with Crippen LogP contribution in [0.2, 0.25) is 0 Å². The molecule has 1 aromatic heterocycles. The Kier molecular flexibility index (Phi) is 10.3. The predicted octanol–water partition coefficient (Wildman–Crippen LogP) is 5.31. The lowest BCUT2D eigenvalue weighted by Crippen LogP contribution is -2.30. The smallest absolute Gasteiger partial charge is 0.463 e. The summed E-state index contributed by atoms with van der Waals surface area (Å²) < 4.78 is 86.0. The molecule has 226 valence electrons. The first-order chi connectivity index (χ1) is 19.6. The van der Waals surface area contributed by atoms with E-state index in [2.05, 4.69) is 25.7 Å². The minimum atomic E-state index is -4.89. The van der Waals surface area contributed by atoms with Crippen LogP contribution < -0.4 is 20.7 Å². The molecule has 3 aromatic rings. The highest BCUT2D eigenvalue weighted by Gasteiger charge is 2.31. The molecule has 3 N–H and O–H groups in total. The van der Waals surface area contributed by atoms with Crippen LogP contribution in [0.15, 0.2) is 48.7 Å². The minimum Gasteiger partial charge on any atom is -0.463 e. The number of urea groups is 1. The number of hydrogen-bond donors (Lipinski definition) is 3. The van der Waals surface area contributed by atoms with Crippen molar-refractivity contribution in [1.29, 1.82) is 0 Å². The summed E-state index contributed by atoms with van der Waals surface area (Å²) in [6.45, 7) is 1.00. The fourth-order valence-electron chi connectivity index (χ4n) is 3.46. The van der Waals surface area contributed by atoms with Crippen molar-refractivity contribution in [1.82, 2.24) is 14.9 Å². The third-order valence-corrected chi connectivity index (χ3v) is 5.51. The summed E-state index contributed by atoms with van der Waals surface area (Å²) in [4.78, 5) is 40.6. The van der Waals surface area contributed by atoms with Crippen molar-refractivity contribution in [3.63, 3.8) is 0 Å². The summed E-state index contributed by atoms with van der Waals surface area (Å²) in [7, 11) is 0. The van der Waals surface area contributed by atoms with Crippen LogP contribution in [0, 0.1) is 6.92 Å². The van der Waals surface area contributed by atoms with Crippen LogP contribution in [0.1, 0.15) is 27.3 Å². The standard InChI is InChI=1S/C25H22ClF6N5O5/c1-14-10-17(42-25(30,31)32)6-7-18(14)34-23(40)36-19-13-37(12-15-2-4-16(5-3-15)24(27,28)29)21(35-19)22(39)33-8-9-41-20(38)11-26/h2-7,10,13H,8-9,11-12H2,1H3,(H,33,39)(H2,34,36,40). The van der Waals surface area contributed by atoms with E-state index in [-0.39, 0.29) is 48.5 Å². The Morgan fingerprint density at radius 1 is 1.00 bits per heavy atom. The summed E-state index contributed by atoms with van der Waals surface area (Å²) in [5.74, 6) is -2.70. The summed E-state index contributed by atoms with van der Waals surface area (Å²) in [6.07, 6.45) is -8.18. The number of benzene rings is 2. The molecule has 0 atom stereocenters. The van der Waals surface area contributed by atoms with Gasteiger partial charge in [-0.15, -0.1) is 24.8 Å². The van der Waals surface area contributed by atoms with Crippen molar-refractivity contribution in [2.75, 3.05) is 29.7 Å². The van der Waals surface area contributed by atoms with E-state index in [1.165, 1.54) is 35.9 Å². The Morgan fingerprint density at radius 2 is 1.69 bits per heavy atom. The van der Waals surface area contributed by atoms with Gasteiger partial charge in [0.15, 0.2) is 5.82 Å². The van der Waals surface area contributed by atoms with Gasteiger partial charge in [0.25, 0.3) is 5.91 Å². The van der Waals surface area contributed by atoms with Gasteiger partial charge in [-0.1, -0.05) is 12.1 Å². The van der Waals surface area contributed by atoms with E-state index < -0.39 is 41.8 Å². The molecular formula is C25H22ClF6N5O5. The molecule has 0 saturated heterocycles. The van der Waals surface area contributed by atoms with E-state index >= 15 is 0 Å².